The zero-order chi connectivity index (χ0) is 11.8. The lowest BCUT2D eigenvalue weighted by molar-refractivity contribution is -0.122. The Balaban J connectivity index is 0.00000256. The van der Waals surface area contributed by atoms with Crippen molar-refractivity contribution >= 4 is 18.3 Å². The monoisotopic (exact) mass is 262 g/mol. The second-order valence-corrected chi connectivity index (χ2v) is 4.98. The van der Waals surface area contributed by atoms with Gasteiger partial charge >= 0.3 is 0 Å². The summed E-state index contributed by atoms with van der Waals surface area (Å²) in [5, 5.41) is 2.95. The van der Waals surface area contributed by atoms with E-state index in [9.17, 15) is 4.79 Å². The SMILES string of the molecule is CCCC(N)C(=O)NCCC1CCCCC1.Cl. The molecule has 3 N–H and O–H groups in total. The Kier molecular flexibility index (Phi) is 9.56. The first kappa shape index (κ1) is 16.7. The number of amides is 1. The van der Waals surface area contributed by atoms with Crippen LogP contribution in [0.15, 0.2) is 0 Å². The van der Waals surface area contributed by atoms with Crippen molar-refractivity contribution in [2.75, 3.05) is 6.54 Å². The van der Waals surface area contributed by atoms with Gasteiger partial charge in [-0.2, -0.15) is 0 Å². The molecule has 3 nitrogen and oxygen atoms in total. The van der Waals surface area contributed by atoms with Gasteiger partial charge in [0.1, 0.15) is 0 Å². The molecule has 0 saturated heterocycles. The molecule has 102 valence electrons. The lowest BCUT2D eigenvalue weighted by atomic mass is 9.87. The van der Waals surface area contributed by atoms with E-state index in [0.717, 1.165) is 31.7 Å². The van der Waals surface area contributed by atoms with E-state index < -0.39 is 0 Å². The molecule has 1 amide bonds. The normalized spacial score (nSPS) is 18.2. The first-order valence-corrected chi connectivity index (χ1v) is 6.77. The summed E-state index contributed by atoms with van der Waals surface area (Å²) in [6.45, 7) is 2.86. The molecule has 0 aromatic heterocycles. The van der Waals surface area contributed by atoms with E-state index in [1.165, 1.54) is 32.1 Å². The summed E-state index contributed by atoms with van der Waals surface area (Å²) < 4.78 is 0. The first-order chi connectivity index (χ1) is 7.74. The average Bonchev–Trinajstić information content (AvgIpc) is 2.30. The van der Waals surface area contributed by atoms with Crippen LogP contribution >= 0.6 is 12.4 Å². The van der Waals surface area contributed by atoms with Gasteiger partial charge in [0.05, 0.1) is 6.04 Å². The standard InChI is InChI=1S/C13H26N2O.ClH/c1-2-6-12(14)13(16)15-10-9-11-7-4-3-5-8-11;/h11-12H,2-10,14H2,1H3,(H,15,16);1H. The number of halogens is 1. The van der Waals surface area contributed by atoms with Crippen LogP contribution in [0.1, 0.15) is 58.3 Å². The number of carbonyl (C=O) groups excluding carboxylic acids is 1. The zero-order valence-corrected chi connectivity index (χ0v) is 11.7. The molecular formula is C13H27ClN2O. The smallest absolute Gasteiger partial charge is 0.236 e. The molecule has 1 saturated carbocycles. The predicted molar refractivity (Wildman–Crippen MR) is 74.3 cm³/mol. The Hall–Kier alpha value is -0.280. The fraction of sp³-hybridized carbons (Fsp3) is 0.923. The van der Waals surface area contributed by atoms with Gasteiger partial charge in [0.25, 0.3) is 0 Å². The van der Waals surface area contributed by atoms with E-state index in [2.05, 4.69) is 12.2 Å². The largest absolute Gasteiger partial charge is 0.355 e. The van der Waals surface area contributed by atoms with E-state index in [1.807, 2.05) is 0 Å². The average molecular weight is 263 g/mol. The highest BCUT2D eigenvalue weighted by molar-refractivity contribution is 5.85. The molecule has 0 aliphatic heterocycles. The fourth-order valence-corrected chi connectivity index (χ4v) is 2.45. The van der Waals surface area contributed by atoms with E-state index in [-0.39, 0.29) is 24.4 Å². The lowest BCUT2D eigenvalue weighted by Crippen LogP contribution is -2.41. The summed E-state index contributed by atoms with van der Waals surface area (Å²) in [5.74, 6) is 0.856. The van der Waals surface area contributed by atoms with Crippen molar-refractivity contribution < 1.29 is 4.79 Å². The summed E-state index contributed by atoms with van der Waals surface area (Å²) >= 11 is 0. The Bertz CT molecular complexity index is 206. The molecular weight excluding hydrogens is 236 g/mol. The van der Waals surface area contributed by atoms with Crippen LogP contribution in [-0.4, -0.2) is 18.5 Å². The molecule has 0 aromatic rings. The van der Waals surface area contributed by atoms with Gasteiger partial charge in [-0.1, -0.05) is 45.4 Å². The zero-order valence-electron chi connectivity index (χ0n) is 10.9. The number of rotatable bonds is 6. The Labute approximate surface area is 111 Å². The molecule has 0 heterocycles. The second-order valence-electron chi connectivity index (χ2n) is 4.98. The van der Waals surface area contributed by atoms with Gasteiger partial charge in [-0.25, -0.2) is 0 Å². The predicted octanol–water partition coefficient (Wildman–Crippen LogP) is 2.62. The van der Waals surface area contributed by atoms with Gasteiger partial charge in [-0.3, -0.25) is 4.79 Å². The van der Waals surface area contributed by atoms with Crippen molar-refractivity contribution in [2.45, 2.75) is 64.3 Å². The lowest BCUT2D eigenvalue weighted by Gasteiger charge is -2.21. The molecule has 4 heteroatoms. The highest BCUT2D eigenvalue weighted by atomic mass is 35.5. The van der Waals surface area contributed by atoms with E-state index in [4.69, 9.17) is 5.73 Å². The third-order valence-corrected chi connectivity index (χ3v) is 3.51. The number of nitrogens with two attached hydrogens (primary N) is 1. The van der Waals surface area contributed by atoms with Gasteiger partial charge in [-0.05, 0) is 18.8 Å². The maximum atomic E-state index is 11.5. The Morgan fingerprint density at radius 1 is 1.35 bits per heavy atom. The minimum Gasteiger partial charge on any atom is -0.355 e. The van der Waals surface area contributed by atoms with Crippen molar-refractivity contribution in [2.24, 2.45) is 11.7 Å². The van der Waals surface area contributed by atoms with Gasteiger partial charge < -0.3 is 11.1 Å². The summed E-state index contributed by atoms with van der Waals surface area (Å²) in [6.07, 6.45) is 9.71. The van der Waals surface area contributed by atoms with E-state index >= 15 is 0 Å². The van der Waals surface area contributed by atoms with Crippen molar-refractivity contribution in [3.63, 3.8) is 0 Å². The molecule has 0 spiro atoms. The molecule has 1 unspecified atom stereocenters. The molecule has 1 rings (SSSR count). The van der Waals surface area contributed by atoms with Gasteiger partial charge in [0, 0.05) is 6.54 Å². The molecule has 0 bridgehead atoms. The van der Waals surface area contributed by atoms with E-state index in [0.29, 0.717) is 0 Å². The maximum Gasteiger partial charge on any atom is 0.236 e. The molecule has 0 aromatic carbocycles. The minimum atomic E-state index is -0.309. The van der Waals surface area contributed by atoms with Crippen molar-refractivity contribution in [1.29, 1.82) is 0 Å². The third kappa shape index (κ3) is 6.89. The highest BCUT2D eigenvalue weighted by Gasteiger charge is 2.15. The maximum absolute atomic E-state index is 11.5. The van der Waals surface area contributed by atoms with Crippen molar-refractivity contribution in [1.82, 2.24) is 5.32 Å². The second kappa shape index (κ2) is 9.72. The fourth-order valence-electron chi connectivity index (χ4n) is 2.45. The minimum absolute atomic E-state index is 0. The highest BCUT2D eigenvalue weighted by Crippen LogP contribution is 2.25. The van der Waals surface area contributed by atoms with Crippen LogP contribution in [0.3, 0.4) is 0 Å². The van der Waals surface area contributed by atoms with Gasteiger partial charge in [0.15, 0.2) is 0 Å². The summed E-state index contributed by atoms with van der Waals surface area (Å²) in [7, 11) is 0. The van der Waals surface area contributed by atoms with Crippen molar-refractivity contribution in [3.05, 3.63) is 0 Å². The van der Waals surface area contributed by atoms with Crippen LogP contribution in [0.25, 0.3) is 0 Å². The van der Waals surface area contributed by atoms with E-state index in [1.54, 1.807) is 0 Å². The Morgan fingerprint density at radius 3 is 2.59 bits per heavy atom. The van der Waals surface area contributed by atoms with Crippen molar-refractivity contribution in [3.8, 4) is 0 Å². The molecule has 0 radical (unpaired) electrons. The molecule has 1 aliphatic carbocycles. The molecule has 17 heavy (non-hydrogen) atoms. The van der Waals surface area contributed by atoms with Crippen LogP contribution in [0.2, 0.25) is 0 Å². The van der Waals surface area contributed by atoms with Crippen LogP contribution < -0.4 is 11.1 Å². The first-order valence-electron chi connectivity index (χ1n) is 6.77. The van der Waals surface area contributed by atoms with Gasteiger partial charge in [0.2, 0.25) is 5.91 Å². The summed E-state index contributed by atoms with van der Waals surface area (Å²) in [5.41, 5.74) is 5.73. The van der Waals surface area contributed by atoms with Gasteiger partial charge in [-0.15, -0.1) is 12.4 Å². The Morgan fingerprint density at radius 2 is 2.00 bits per heavy atom. The number of hydrogen-bond donors (Lipinski definition) is 2. The molecule has 1 fully saturated rings. The van der Waals surface area contributed by atoms with Crippen LogP contribution in [0.5, 0.6) is 0 Å². The third-order valence-electron chi connectivity index (χ3n) is 3.51. The topological polar surface area (TPSA) is 55.1 Å². The van der Waals surface area contributed by atoms with Crippen LogP contribution in [0.4, 0.5) is 0 Å². The summed E-state index contributed by atoms with van der Waals surface area (Å²) in [4.78, 5) is 11.5. The quantitative estimate of drug-likeness (QED) is 0.773. The summed E-state index contributed by atoms with van der Waals surface area (Å²) in [6, 6.07) is -0.309. The number of nitrogens with one attached hydrogen (secondary N) is 1. The van der Waals surface area contributed by atoms with Crippen LogP contribution in [0, 0.1) is 5.92 Å². The number of carbonyl (C=O) groups is 1. The molecule has 1 atom stereocenters. The van der Waals surface area contributed by atoms with Crippen LogP contribution in [-0.2, 0) is 4.79 Å². The number of hydrogen-bond acceptors (Lipinski definition) is 2. The molecule has 1 aliphatic rings.